The Kier molecular flexibility index (Phi) is 8.57. The molecule has 4 rings (SSSR count). The molecule has 3 aromatic carbocycles. The van der Waals surface area contributed by atoms with E-state index >= 15 is 0 Å². The van der Waals surface area contributed by atoms with E-state index in [0.29, 0.717) is 31.9 Å². The highest BCUT2D eigenvalue weighted by molar-refractivity contribution is 9.10. The second kappa shape index (κ2) is 11.7. The molecule has 0 atom stereocenters. The van der Waals surface area contributed by atoms with Gasteiger partial charge in [-0.25, -0.2) is 4.98 Å². The molecule has 0 radical (unpaired) electrons. The van der Waals surface area contributed by atoms with Gasteiger partial charge in [0, 0.05) is 37.3 Å². The summed E-state index contributed by atoms with van der Waals surface area (Å²) in [5, 5.41) is 19.7. The lowest BCUT2D eigenvalue weighted by Crippen LogP contribution is -2.29. The number of anilines is 1. The van der Waals surface area contributed by atoms with Crippen LogP contribution >= 0.6 is 39.1 Å². The van der Waals surface area contributed by atoms with E-state index in [-0.39, 0.29) is 16.3 Å². The molecule has 10 nitrogen and oxygen atoms in total. The van der Waals surface area contributed by atoms with E-state index in [1.165, 1.54) is 12.3 Å². The fourth-order valence-corrected chi connectivity index (χ4v) is 4.43. The maximum absolute atomic E-state index is 13.5. The van der Waals surface area contributed by atoms with Crippen LogP contribution in [0.3, 0.4) is 0 Å². The number of amides is 1. The van der Waals surface area contributed by atoms with Crippen molar-refractivity contribution in [3.63, 3.8) is 0 Å². The van der Waals surface area contributed by atoms with E-state index in [9.17, 15) is 19.7 Å². The lowest BCUT2D eigenvalue weighted by molar-refractivity contribution is -0.385. The molecular formula is C27H22BrCl2N5O5. The van der Waals surface area contributed by atoms with Gasteiger partial charge in [0.05, 0.1) is 22.0 Å². The summed E-state index contributed by atoms with van der Waals surface area (Å²) in [6, 6.07) is 14.0. The number of rotatable bonds is 7. The Bertz CT molecular complexity index is 1720. The third kappa shape index (κ3) is 6.67. The fraction of sp³-hybridized carbons (Fsp3) is 0.185. The highest BCUT2D eigenvalue weighted by atomic mass is 79.9. The van der Waals surface area contributed by atoms with Gasteiger partial charge in [-0.1, -0.05) is 59.9 Å². The van der Waals surface area contributed by atoms with Gasteiger partial charge in [-0.05, 0) is 48.5 Å². The van der Waals surface area contributed by atoms with Gasteiger partial charge in [-0.3, -0.25) is 19.7 Å². The maximum atomic E-state index is 13.5. The second-order valence-electron chi connectivity index (χ2n) is 9.65. The van der Waals surface area contributed by atoms with Crippen LogP contribution in [0, 0.1) is 10.1 Å². The zero-order valence-electron chi connectivity index (χ0n) is 21.4. The highest BCUT2D eigenvalue weighted by Crippen LogP contribution is 2.34. The van der Waals surface area contributed by atoms with Crippen LogP contribution in [0.4, 0.5) is 11.4 Å². The third-order valence-corrected chi connectivity index (χ3v) is 6.49. The van der Waals surface area contributed by atoms with Crippen molar-refractivity contribution in [2.24, 2.45) is 5.10 Å². The van der Waals surface area contributed by atoms with E-state index in [1.807, 2.05) is 20.8 Å². The largest absolute Gasteiger partial charge is 0.476 e. The van der Waals surface area contributed by atoms with Crippen molar-refractivity contribution < 1.29 is 14.5 Å². The molecule has 1 N–H and O–H groups in total. The molecule has 0 spiro atoms. The number of halogens is 3. The summed E-state index contributed by atoms with van der Waals surface area (Å²) in [5.74, 6) is -0.443. The minimum Gasteiger partial charge on any atom is -0.476 e. The first-order valence-electron chi connectivity index (χ1n) is 11.8. The number of carbonyl (C=O) groups excluding carboxylic acids is 1. The van der Waals surface area contributed by atoms with E-state index in [0.717, 1.165) is 10.7 Å². The predicted molar refractivity (Wildman–Crippen MR) is 159 cm³/mol. The van der Waals surface area contributed by atoms with Gasteiger partial charge in [-0.2, -0.15) is 9.78 Å². The first-order valence-corrected chi connectivity index (χ1v) is 13.3. The third-order valence-electron chi connectivity index (χ3n) is 5.53. The molecule has 1 aromatic heterocycles. The molecule has 206 valence electrons. The van der Waals surface area contributed by atoms with Gasteiger partial charge in [0.25, 0.3) is 11.5 Å². The quantitative estimate of drug-likeness (QED) is 0.137. The molecule has 0 saturated carbocycles. The molecule has 0 aliphatic rings. The maximum Gasteiger partial charge on any atom is 0.313 e. The van der Waals surface area contributed by atoms with Crippen LogP contribution in [0.1, 0.15) is 32.2 Å². The Morgan fingerprint density at radius 3 is 2.50 bits per heavy atom. The zero-order valence-corrected chi connectivity index (χ0v) is 24.5. The molecule has 4 aromatic rings. The lowest BCUT2D eigenvalue weighted by Gasteiger charge is -2.21. The van der Waals surface area contributed by atoms with Crippen molar-refractivity contribution in [3.05, 3.63) is 101 Å². The molecule has 0 fully saturated rings. The smallest absolute Gasteiger partial charge is 0.313 e. The van der Waals surface area contributed by atoms with Crippen molar-refractivity contribution in [2.45, 2.75) is 26.2 Å². The Morgan fingerprint density at radius 1 is 1.15 bits per heavy atom. The normalized spacial score (nSPS) is 11.7. The predicted octanol–water partition coefficient (Wildman–Crippen LogP) is 6.57. The van der Waals surface area contributed by atoms with E-state index in [4.69, 9.17) is 27.9 Å². The van der Waals surface area contributed by atoms with Crippen molar-refractivity contribution in [2.75, 3.05) is 11.9 Å². The Balaban J connectivity index is 1.75. The molecule has 1 heterocycles. The highest BCUT2D eigenvalue weighted by Gasteiger charge is 2.24. The molecule has 40 heavy (non-hydrogen) atoms. The number of ether oxygens (including phenoxy) is 1. The van der Waals surface area contributed by atoms with Crippen LogP contribution in [0.2, 0.25) is 10.0 Å². The van der Waals surface area contributed by atoms with Crippen molar-refractivity contribution in [1.29, 1.82) is 0 Å². The van der Waals surface area contributed by atoms with Gasteiger partial charge in [0.1, 0.15) is 5.82 Å². The van der Waals surface area contributed by atoms with Crippen LogP contribution in [-0.4, -0.2) is 33.3 Å². The number of carbonyl (C=O) groups is 1. The Labute approximate surface area is 246 Å². The average Bonchev–Trinajstić information content (AvgIpc) is 2.88. The summed E-state index contributed by atoms with van der Waals surface area (Å²) in [7, 11) is 0. The summed E-state index contributed by atoms with van der Waals surface area (Å²) in [6.07, 6.45) is 1.22. The monoisotopic (exact) mass is 645 g/mol. The lowest BCUT2D eigenvalue weighted by atomic mass is 9.95. The topological polar surface area (TPSA) is 129 Å². The molecule has 0 bridgehead atoms. The summed E-state index contributed by atoms with van der Waals surface area (Å²) >= 11 is 15.4. The number of fused-ring (bicyclic) bond motifs is 1. The number of nitro groups is 1. The van der Waals surface area contributed by atoms with E-state index in [1.54, 1.807) is 42.5 Å². The Hall–Kier alpha value is -3.80. The van der Waals surface area contributed by atoms with Gasteiger partial charge >= 0.3 is 5.69 Å². The number of aromatic nitrogens is 2. The minimum atomic E-state index is -0.683. The van der Waals surface area contributed by atoms with Crippen LogP contribution < -0.4 is 15.6 Å². The number of nitro benzene ring substituents is 1. The standard InChI is InChI=1S/C27H22BrCl2N5O5/c1-27(2,3)26-33-21-9-4-16(28)11-20(21)25(37)34(26)31-13-15-10-18(30)12-22(35(38)39)24(15)40-14-23(36)32-19-7-5-17(29)6-8-19/h4-13H,14H2,1-3H3,(H,32,36). The van der Waals surface area contributed by atoms with Crippen LogP contribution in [0.15, 0.2) is 69.0 Å². The summed E-state index contributed by atoms with van der Waals surface area (Å²) in [4.78, 5) is 41.8. The second-order valence-corrected chi connectivity index (χ2v) is 11.4. The minimum absolute atomic E-state index is 0.0371. The van der Waals surface area contributed by atoms with Crippen LogP contribution in [0.25, 0.3) is 10.9 Å². The average molecular weight is 647 g/mol. The zero-order chi connectivity index (χ0) is 29.2. The first-order chi connectivity index (χ1) is 18.8. The number of hydrogen-bond acceptors (Lipinski definition) is 7. The van der Waals surface area contributed by atoms with Gasteiger partial charge in [0.2, 0.25) is 5.75 Å². The van der Waals surface area contributed by atoms with Crippen molar-refractivity contribution >= 4 is 73.5 Å². The molecule has 0 unspecified atom stereocenters. The summed E-state index contributed by atoms with van der Waals surface area (Å²) < 4.78 is 7.43. The Morgan fingerprint density at radius 2 is 1.85 bits per heavy atom. The fourth-order valence-electron chi connectivity index (χ4n) is 3.72. The summed E-state index contributed by atoms with van der Waals surface area (Å²) in [5.41, 5.74) is -0.448. The van der Waals surface area contributed by atoms with Crippen LogP contribution in [-0.2, 0) is 10.2 Å². The molecule has 0 saturated heterocycles. The molecule has 0 aliphatic heterocycles. The molecule has 13 heteroatoms. The van der Waals surface area contributed by atoms with E-state index < -0.39 is 34.1 Å². The number of benzene rings is 3. The van der Waals surface area contributed by atoms with Gasteiger partial charge in [0.15, 0.2) is 6.61 Å². The number of hydrogen-bond donors (Lipinski definition) is 1. The number of nitrogens with zero attached hydrogens (tertiary/aromatic N) is 4. The van der Waals surface area contributed by atoms with Crippen molar-refractivity contribution in [3.8, 4) is 5.75 Å². The molecule has 1 amide bonds. The summed E-state index contributed by atoms with van der Waals surface area (Å²) in [6.45, 7) is 5.08. The number of nitrogens with one attached hydrogen (secondary N) is 1. The molecule has 0 aliphatic carbocycles. The van der Waals surface area contributed by atoms with Gasteiger partial charge in [-0.15, -0.1) is 0 Å². The van der Waals surface area contributed by atoms with Crippen LogP contribution in [0.5, 0.6) is 5.75 Å². The van der Waals surface area contributed by atoms with Gasteiger partial charge < -0.3 is 10.1 Å². The van der Waals surface area contributed by atoms with E-state index in [2.05, 4.69) is 31.3 Å². The molecular weight excluding hydrogens is 625 g/mol. The van der Waals surface area contributed by atoms with Crippen molar-refractivity contribution in [1.82, 2.24) is 9.66 Å². The SMILES string of the molecule is CC(C)(C)c1nc2ccc(Br)cc2c(=O)n1N=Cc1cc(Cl)cc([N+](=O)[O-])c1OCC(=O)Nc1ccc(Cl)cc1. The first kappa shape index (κ1) is 29.2.